The van der Waals surface area contributed by atoms with E-state index in [-0.39, 0.29) is 24.0 Å². The molecule has 0 radical (unpaired) electrons. The van der Waals surface area contributed by atoms with Gasteiger partial charge in [0, 0.05) is 25.8 Å². The van der Waals surface area contributed by atoms with Crippen LogP contribution >= 0.6 is 24.0 Å². The minimum Gasteiger partial charge on any atom is -0.370 e. The fraction of sp³-hybridized carbons (Fsp3) is 0.368. The maximum absolute atomic E-state index is 5.93. The molecule has 1 aliphatic rings. The Balaban J connectivity index is 0.00000225. The largest absolute Gasteiger partial charge is 0.370 e. The monoisotopic (exact) mass is 451 g/mol. The molecule has 1 aromatic carbocycles. The van der Waals surface area contributed by atoms with Gasteiger partial charge >= 0.3 is 0 Å². The molecule has 25 heavy (non-hydrogen) atoms. The van der Waals surface area contributed by atoms with Crippen LogP contribution in [0.4, 0.5) is 5.82 Å². The number of benzene rings is 1. The van der Waals surface area contributed by atoms with Crippen LogP contribution in [0.2, 0.25) is 0 Å². The number of aliphatic imine (C=N–C) groups is 1. The highest BCUT2D eigenvalue weighted by atomic mass is 127. The van der Waals surface area contributed by atoms with E-state index in [0.717, 1.165) is 37.4 Å². The molecule has 2 aromatic rings. The summed E-state index contributed by atoms with van der Waals surface area (Å²) in [7, 11) is 0. The second kappa shape index (κ2) is 10.2. The molecule has 0 saturated carbocycles. The SMILES string of the molecule is I.NC(=NCc1ccc(N2CCCC2)nc1)NCCc1ccccc1. The predicted molar refractivity (Wildman–Crippen MR) is 115 cm³/mol. The molecule has 0 bridgehead atoms. The van der Waals surface area contributed by atoms with E-state index in [1.165, 1.54) is 18.4 Å². The van der Waals surface area contributed by atoms with Crippen molar-refractivity contribution in [3.05, 3.63) is 59.8 Å². The molecule has 0 spiro atoms. The number of rotatable bonds is 6. The van der Waals surface area contributed by atoms with Gasteiger partial charge in [0.1, 0.15) is 5.82 Å². The van der Waals surface area contributed by atoms with Crippen LogP contribution in [0.1, 0.15) is 24.0 Å². The van der Waals surface area contributed by atoms with Gasteiger partial charge in [-0.05, 0) is 36.5 Å². The Morgan fingerprint density at radius 2 is 1.84 bits per heavy atom. The molecule has 134 valence electrons. The summed E-state index contributed by atoms with van der Waals surface area (Å²) in [6, 6.07) is 14.5. The van der Waals surface area contributed by atoms with E-state index in [4.69, 9.17) is 5.73 Å². The van der Waals surface area contributed by atoms with Gasteiger partial charge in [0.05, 0.1) is 6.54 Å². The third-order valence-corrected chi connectivity index (χ3v) is 4.23. The number of nitrogens with two attached hydrogens (primary N) is 1. The van der Waals surface area contributed by atoms with Crippen LogP contribution in [0.5, 0.6) is 0 Å². The lowest BCUT2D eigenvalue weighted by atomic mass is 10.1. The summed E-state index contributed by atoms with van der Waals surface area (Å²) in [5, 5.41) is 3.16. The summed E-state index contributed by atoms with van der Waals surface area (Å²) in [4.78, 5) is 11.2. The lowest BCUT2D eigenvalue weighted by Gasteiger charge is -2.16. The Labute approximate surface area is 166 Å². The Bertz CT molecular complexity index is 651. The molecule has 6 heteroatoms. The van der Waals surface area contributed by atoms with Crippen molar-refractivity contribution < 1.29 is 0 Å². The highest BCUT2D eigenvalue weighted by Gasteiger charge is 2.12. The molecule has 0 unspecified atom stereocenters. The molecule has 1 aromatic heterocycles. The van der Waals surface area contributed by atoms with Gasteiger partial charge in [-0.25, -0.2) is 9.98 Å². The molecule has 3 rings (SSSR count). The molecule has 5 nitrogen and oxygen atoms in total. The summed E-state index contributed by atoms with van der Waals surface area (Å²) in [5.41, 5.74) is 8.29. The average Bonchev–Trinajstić information content (AvgIpc) is 3.16. The van der Waals surface area contributed by atoms with Crippen molar-refractivity contribution in [2.45, 2.75) is 25.8 Å². The van der Waals surface area contributed by atoms with Crippen molar-refractivity contribution in [2.24, 2.45) is 10.7 Å². The Hall–Kier alpha value is -1.83. The number of hydrogen-bond donors (Lipinski definition) is 2. The minimum atomic E-state index is 0. The molecular formula is C19H26IN5. The normalized spacial score (nSPS) is 14.2. The number of hydrogen-bond acceptors (Lipinski definition) is 3. The van der Waals surface area contributed by atoms with Crippen molar-refractivity contribution >= 4 is 35.8 Å². The zero-order chi connectivity index (χ0) is 16.6. The van der Waals surface area contributed by atoms with Gasteiger partial charge in [0.2, 0.25) is 0 Å². The van der Waals surface area contributed by atoms with E-state index in [0.29, 0.717) is 12.5 Å². The van der Waals surface area contributed by atoms with Crippen LogP contribution in [0.15, 0.2) is 53.7 Å². The van der Waals surface area contributed by atoms with Gasteiger partial charge in [-0.3, -0.25) is 0 Å². The van der Waals surface area contributed by atoms with Gasteiger partial charge in [0.25, 0.3) is 0 Å². The summed E-state index contributed by atoms with van der Waals surface area (Å²) in [5.74, 6) is 1.55. The van der Waals surface area contributed by atoms with Crippen LogP contribution < -0.4 is 16.0 Å². The smallest absolute Gasteiger partial charge is 0.188 e. The van der Waals surface area contributed by atoms with E-state index in [9.17, 15) is 0 Å². The fourth-order valence-electron chi connectivity index (χ4n) is 2.86. The molecule has 0 amide bonds. The first-order valence-corrected chi connectivity index (χ1v) is 8.59. The molecular weight excluding hydrogens is 425 g/mol. The van der Waals surface area contributed by atoms with Gasteiger partial charge in [-0.2, -0.15) is 0 Å². The first kappa shape index (κ1) is 19.5. The van der Waals surface area contributed by atoms with E-state index in [1.807, 2.05) is 24.4 Å². The number of nitrogens with zero attached hydrogens (tertiary/aromatic N) is 3. The number of guanidine groups is 1. The Morgan fingerprint density at radius 1 is 1.08 bits per heavy atom. The summed E-state index contributed by atoms with van der Waals surface area (Å²) in [6.45, 7) is 3.56. The molecule has 1 saturated heterocycles. The quantitative estimate of drug-likeness (QED) is 0.403. The van der Waals surface area contributed by atoms with E-state index < -0.39 is 0 Å². The molecule has 0 atom stereocenters. The van der Waals surface area contributed by atoms with Gasteiger partial charge in [-0.1, -0.05) is 36.4 Å². The maximum atomic E-state index is 5.93. The third kappa shape index (κ3) is 6.19. The Morgan fingerprint density at radius 3 is 2.52 bits per heavy atom. The second-order valence-corrected chi connectivity index (χ2v) is 6.08. The summed E-state index contributed by atoms with van der Waals surface area (Å²) in [6.07, 6.45) is 5.36. The van der Waals surface area contributed by atoms with Gasteiger partial charge < -0.3 is 16.0 Å². The summed E-state index contributed by atoms with van der Waals surface area (Å²) >= 11 is 0. The molecule has 0 aliphatic carbocycles. The first-order valence-electron chi connectivity index (χ1n) is 8.59. The highest BCUT2D eigenvalue weighted by Crippen LogP contribution is 2.17. The van der Waals surface area contributed by atoms with Crippen LogP contribution in [-0.4, -0.2) is 30.6 Å². The maximum Gasteiger partial charge on any atom is 0.188 e. The highest BCUT2D eigenvalue weighted by molar-refractivity contribution is 14.0. The third-order valence-electron chi connectivity index (χ3n) is 4.23. The number of pyridine rings is 1. The van der Waals surface area contributed by atoms with Crippen molar-refractivity contribution in [2.75, 3.05) is 24.5 Å². The lowest BCUT2D eigenvalue weighted by molar-refractivity contribution is 0.847. The average molecular weight is 451 g/mol. The Kier molecular flexibility index (Phi) is 7.97. The van der Waals surface area contributed by atoms with E-state index >= 15 is 0 Å². The standard InChI is InChI=1S/C19H25N5.HI/c20-19(21-11-10-16-6-2-1-3-7-16)23-15-17-8-9-18(22-14-17)24-12-4-5-13-24;/h1-3,6-9,14H,4-5,10-13,15H2,(H3,20,21,23);1H. The van der Waals surface area contributed by atoms with Crippen molar-refractivity contribution in [3.8, 4) is 0 Å². The summed E-state index contributed by atoms with van der Waals surface area (Å²) < 4.78 is 0. The van der Waals surface area contributed by atoms with Crippen molar-refractivity contribution in [1.82, 2.24) is 10.3 Å². The second-order valence-electron chi connectivity index (χ2n) is 6.08. The first-order chi connectivity index (χ1) is 11.8. The zero-order valence-electron chi connectivity index (χ0n) is 14.4. The van der Waals surface area contributed by atoms with Crippen LogP contribution in [-0.2, 0) is 13.0 Å². The lowest BCUT2D eigenvalue weighted by Crippen LogP contribution is -2.33. The van der Waals surface area contributed by atoms with Crippen LogP contribution in [0.3, 0.4) is 0 Å². The number of aromatic nitrogens is 1. The number of halogens is 1. The van der Waals surface area contributed by atoms with Crippen molar-refractivity contribution in [1.29, 1.82) is 0 Å². The number of anilines is 1. The van der Waals surface area contributed by atoms with Crippen LogP contribution in [0.25, 0.3) is 0 Å². The van der Waals surface area contributed by atoms with Gasteiger partial charge in [0.15, 0.2) is 5.96 Å². The predicted octanol–water partition coefficient (Wildman–Crippen LogP) is 2.95. The fourth-order valence-corrected chi connectivity index (χ4v) is 2.86. The molecule has 3 N–H and O–H groups in total. The minimum absolute atomic E-state index is 0. The topological polar surface area (TPSA) is 66.5 Å². The van der Waals surface area contributed by atoms with E-state index in [2.05, 4.69) is 44.5 Å². The van der Waals surface area contributed by atoms with Crippen molar-refractivity contribution in [3.63, 3.8) is 0 Å². The zero-order valence-corrected chi connectivity index (χ0v) is 16.7. The van der Waals surface area contributed by atoms with Gasteiger partial charge in [-0.15, -0.1) is 24.0 Å². The molecule has 2 heterocycles. The van der Waals surface area contributed by atoms with Crippen LogP contribution in [0, 0.1) is 0 Å². The molecule has 1 fully saturated rings. The van der Waals surface area contributed by atoms with E-state index in [1.54, 1.807) is 0 Å². The molecule has 1 aliphatic heterocycles. The number of nitrogens with one attached hydrogen (secondary N) is 1.